The molecule has 0 bridgehead atoms. The summed E-state index contributed by atoms with van der Waals surface area (Å²) in [6.45, 7) is 8.38. The number of rotatable bonds is 6. The molecule has 5 rings (SSSR count). The Morgan fingerprint density at radius 2 is 1.77 bits per heavy atom. The highest BCUT2D eigenvalue weighted by atomic mass is 19.1. The first-order chi connectivity index (χ1) is 16.9. The zero-order valence-electron chi connectivity index (χ0n) is 20.0. The number of anilines is 3. The molecular weight excluding hydrogens is 449 g/mol. The van der Waals surface area contributed by atoms with Gasteiger partial charge in [-0.1, -0.05) is 0 Å². The molecule has 1 N–H and O–H groups in total. The van der Waals surface area contributed by atoms with Crippen LogP contribution in [0, 0.1) is 5.82 Å². The molecule has 2 aliphatic heterocycles. The van der Waals surface area contributed by atoms with Crippen molar-refractivity contribution in [3.8, 4) is 11.5 Å². The highest BCUT2D eigenvalue weighted by Crippen LogP contribution is 2.33. The second kappa shape index (κ2) is 9.50. The van der Waals surface area contributed by atoms with E-state index >= 15 is 0 Å². The predicted molar refractivity (Wildman–Crippen MR) is 131 cm³/mol. The van der Waals surface area contributed by atoms with E-state index in [1.165, 1.54) is 12.1 Å². The van der Waals surface area contributed by atoms with Crippen LogP contribution in [-0.4, -0.2) is 52.6 Å². The Labute approximate surface area is 203 Å². The summed E-state index contributed by atoms with van der Waals surface area (Å²) in [6.07, 6.45) is 0.0635. The van der Waals surface area contributed by atoms with Crippen LogP contribution in [0.4, 0.5) is 21.8 Å². The molecular formula is C26H28FN5O3. The lowest BCUT2D eigenvalue weighted by molar-refractivity contribution is 0.0526. The Balaban J connectivity index is 1.42. The summed E-state index contributed by atoms with van der Waals surface area (Å²) in [5.41, 5.74) is 2.04. The molecule has 1 atom stereocenters. The van der Waals surface area contributed by atoms with Crippen LogP contribution in [0.5, 0.6) is 11.5 Å². The van der Waals surface area contributed by atoms with Crippen molar-refractivity contribution in [2.45, 2.75) is 39.5 Å². The smallest absolute Gasteiger partial charge is 0.273 e. The van der Waals surface area contributed by atoms with Gasteiger partial charge in [0.2, 0.25) is 5.95 Å². The van der Waals surface area contributed by atoms with Crippen LogP contribution in [-0.2, 0) is 11.3 Å². The van der Waals surface area contributed by atoms with Gasteiger partial charge in [0, 0.05) is 30.4 Å². The lowest BCUT2D eigenvalue weighted by Crippen LogP contribution is -2.42. The Morgan fingerprint density at radius 1 is 1.09 bits per heavy atom. The number of fused-ring (bicyclic) bond motifs is 1. The molecule has 1 amide bonds. The monoisotopic (exact) mass is 477 g/mol. The van der Waals surface area contributed by atoms with Crippen molar-refractivity contribution in [1.82, 2.24) is 14.9 Å². The van der Waals surface area contributed by atoms with E-state index in [1.807, 2.05) is 45.0 Å². The van der Waals surface area contributed by atoms with Crippen LogP contribution in [0.25, 0.3) is 0 Å². The molecule has 182 valence electrons. The highest BCUT2D eigenvalue weighted by Gasteiger charge is 2.35. The maximum absolute atomic E-state index is 13.1. The van der Waals surface area contributed by atoms with Gasteiger partial charge in [-0.05, 0) is 69.3 Å². The number of morpholine rings is 1. The molecule has 1 aromatic heterocycles. The van der Waals surface area contributed by atoms with Crippen molar-refractivity contribution >= 4 is 23.4 Å². The van der Waals surface area contributed by atoms with E-state index in [0.29, 0.717) is 55.2 Å². The van der Waals surface area contributed by atoms with Gasteiger partial charge in [0.1, 0.15) is 28.8 Å². The molecule has 2 aliphatic rings. The zero-order chi connectivity index (χ0) is 24.5. The summed E-state index contributed by atoms with van der Waals surface area (Å²) in [5, 5.41) is 3.38. The SMILES string of the molecule is CC(C)N1Cc2c(Nc3ccc(Oc4ccc(F)cc4)cc3)nc(N3CCO[C@H](C)C3)nc2C1=O. The van der Waals surface area contributed by atoms with Crippen LogP contribution in [0.3, 0.4) is 0 Å². The number of benzene rings is 2. The van der Waals surface area contributed by atoms with E-state index in [2.05, 4.69) is 15.2 Å². The number of carbonyl (C=O) groups is 1. The number of amides is 1. The lowest BCUT2D eigenvalue weighted by Gasteiger charge is -2.31. The summed E-state index contributed by atoms with van der Waals surface area (Å²) in [4.78, 5) is 26.5. The first kappa shape index (κ1) is 23.0. The van der Waals surface area contributed by atoms with Crippen LogP contribution in [0.15, 0.2) is 48.5 Å². The minimum Gasteiger partial charge on any atom is -0.457 e. The molecule has 0 unspecified atom stereocenters. The van der Waals surface area contributed by atoms with Gasteiger partial charge in [-0.25, -0.2) is 9.37 Å². The molecule has 9 heteroatoms. The number of ether oxygens (including phenoxy) is 2. The number of hydrogen-bond acceptors (Lipinski definition) is 7. The molecule has 35 heavy (non-hydrogen) atoms. The fraction of sp³-hybridized carbons (Fsp3) is 0.346. The van der Waals surface area contributed by atoms with E-state index in [9.17, 15) is 9.18 Å². The molecule has 0 radical (unpaired) electrons. The number of halogens is 1. The third kappa shape index (κ3) is 4.90. The Kier molecular flexibility index (Phi) is 6.25. The maximum Gasteiger partial charge on any atom is 0.273 e. The molecule has 1 fully saturated rings. The molecule has 3 heterocycles. The van der Waals surface area contributed by atoms with Crippen molar-refractivity contribution in [2.24, 2.45) is 0 Å². The highest BCUT2D eigenvalue weighted by molar-refractivity contribution is 5.98. The van der Waals surface area contributed by atoms with Gasteiger partial charge in [-0.15, -0.1) is 0 Å². The van der Waals surface area contributed by atoms with Gasteiger partial charge in [-0.3, -0.25) is 4.79 Å². The van der Waals surface area contributed by atoms with E-state index in [-0.39, 0.29) is 23.9 Å². The Morgan fingerprint density at radius 3 is 2.43 bits per heavy atom. The minimum atomic E-state index is -0.310. The average molecular weight is 478 g/mol. The quantitative estimate of drug-likeness (QED) is 0.549. The number of nitrogens with one attached hydrogen (secondary N) is 1. The molecule has 3 aromatic rings. The largest absolute Gasteiger partial charge is 0.457 e. The maximum atomic E-state index is 13.1. The van der Waals surface area contributed by atoms with Gasteiger partial charge >= 0.3 is 0 Å². The average Bonchev–Trinajstić information content (AvgIpc) is 3.19. The summed E-state index contributed by atoms with van der Waals surface area (Å²) < 4.78 is 24.6. The molecule has 0 spiro atoms. The number of hydrogen-bond donors (Lipinski definition) is 1. The van der Waals surface area contributed by atoms with Crippen molar-refractivity contribution in [3.05, 3.63) is 65.6 Å². The number of nitrogens with zero attached hydrogens (tertiary/aromatic N) is 4. The summed E-state index contributed by atoms with van der Waals surface area (Å²) >= 11 is 0. The molecule has 8 nitrogen and oxygen atoms in total. The standard InChI is InChI=1S/C26H28FN5O3/c1-16(2)32-15-22-23(25(32)33)29-26(31-12-13-34-17(3)14-31)30-24(22)28-19-6-10-21(11-7-19)35-20-8-4-18(27)5-9-20/h4-11,16-17H,12-15H2,1-3H3,(H,28,29,30)/t17-/m1/s1. The third-order valence-corrected chi connectivity index (χ3v) is 6.10. The number of aromatic nitrogens is 2. The molecule has 1 saturated heterocycles. The lowest BCUT2D eigenvalue weighted by atomic mass is 10.2. The van der Waals surface area contributed by atoms with Crippen LogP contribution < -0.4 is 15.0 Å². The first-order valence-corrected chi connectivity index (χ1v) is 11.8. The Bertz CT molecular complexity index is 1220. The second-order valence-electron chi connectivity index (χ2n) is 9.06. The van der Waals surface area contributed by atoms with Crippen molar-refractivity contribution in [3.63, 3.8) is 0 Å². The van der Waals surface area contributed by atoms with E-state index in [1.54, 1.807) is 17.0 Å². The van der Waals surface area contributed by atoms with Crippen molar-refractivity contribution in [2.75, 3.05) is 29.9 Å². The molecule has 0 saturated carbocycles. The van der Waals surface area contributed by atoms with Crippen LogP contribution in [0.2, 0.25) is 0 Å². The zero-order valence-corrected chi connectivity index (χ0v) is 20.0. The van der Waals surface area contributed by atoms with Gasteiger partial charge in [-0.2, -0.15) is 4.98 Å². The predicted octanol–water partition coefficient (Wildman–Crippen LogP) is 4.74. The summed E-state index contributed by atoms with van der Waals surface area (Å²) in [7, 11) is 0. The fourth-order valence-electron chi connectivity index (χ4n) is 4.22. The third-order valence-electron chi connectivity index (χ3n) is 6.10. The normalized spacial score (nSPS) is 17.6. The van der Waals surface area contributed by atoms with Gasteiger partial charge in [0.05, 0.1) is 19.3 Å². The van der Waals surface area contributed by atoms with Gasteiger partial charge in [0.25, 0.3) is 5.91 Å². The van der Waals surface area contributed by atoms with Gasteiger partial charge in [0.15, 0.2) is 0 Å². The van der Waals surface area contributed by atoms with Gasteiger partial charge < -0.3 is 24.6 Å². The van der Waals surface area contributed by atoms with Crippen LogP contribution in [0.1, 0.15) is 36.8 Å². The van der Waals surface area contributed by atoms with Crippen molar-refractivity contribution < 1.29 is 18.7 Å². The number of carbonyl (C=O) groups excluding carboxylic acids is 1. The topological polar surface area (TPSA) is 79.8 Å². The van der Waals surface area contributed by atoms with Crippen LogP contribution >= 0.6 is 0 Å². The Hall–Kier alpha value is -3.72. The van der Waals surface area contributed by atoms with E-state index in [4.69, 9.17) is 14.5 Å². The first-order valence-electron chi connectivity index (χ1n) is 11.8. The summed E-state index contributed by atoms with van der Waals surface area (Å²) in [6, 6.07) is 13.3. The summed E-state index contributed by atoms with van der Waals surface area (Å²) in [5.74, 6) is 1.93. The minimum absolute atomic E-state index is 0.0549. The van der Waals surface area contributed by atoms with Crippen molar-refractivity contribution in [1.29, 1.82) is 0 Å². The fourth-order valence-corrected chi connectivity index (χ4v) is 4.22. The van der Waals surface area contributed by atoms with E-state index in [0.717, 1.165) is 11.3 Å². The second-order valence-corrected chi connectivity index (χ2v) is 9.06. The van der Waals surface area contributed by atoms with E-state index < -0.39 is 0 Å². The molecule has 0 aliphatic carbocycles. The molecule has 2 aromatic carbocycles.